The third kappa shape index (κ3) is 2.78. The lowest BCUT2D eigenvalue weighted by molar-refractivity contribution is 1.38. The quantitative estimate of drug-likeness (QED) is 0.688. The molecular weight excluding hydrogens is 264 g/mol. The Bertz CT molecular complexity index is 705. The molecule has 20 heavy (non-hydrogen) atoms. The van der Waals surface area contributed by atoms with Gasteiger partial charge in [-0.1, -0.05) is 55.1 Å². The molecule has 3 aromatic rings. The third-order valence-electron chi connectivity index (χ3n) is 2.97. The van der Waals surface area contributed by atoms with Gasteiger partial charge in [0.15, 0.2) is 5.13 Å². The first kappa shape index (κ1) is 12.6. The second kappa shape index (κ2) is 5.72. The van der Waals surface area contributed by atoms with E-state index in [2.05, 4.69) is 34.4 Å². The van der Waals surface area contributed by atoms with Crippen LogP contribution in [0.1, 0.15) is 6.99 Å². The molecule has 1 N–H and O–H groups in total. The molecule has 0 aliphatic heterocycles. The number of nitrogens with zero attached hydrogens (tertiary/aromatic N) is 1. The monoisotopic (exact) mass is 280 g/mol. The Balaban J connectivity index is 0.00000161. The zero-order chi connectivity index (χ0) is 13.8. The molecule has 0 fully saturated rings. The molecule has 2 aromatic carbocycles. The summed E-state index contributed by atoms with van der Waals surface area (Å²) in [6.07, 6.45) is 1.84. The number of aromatic nitrogens is 1. The molecule has 0 radical (unpaired) electrons. The van der Waals surface area contributed by atoms with Gasteiger partial charge >= 0.3 is 0 Å². The van der Waals surface area contributed by atoms with Crippen LogP contribution in [0.3, 0.4) is 0 Å². The minimum Gasteiger partial charge on any atom is -0.332 e. The highest BCUT2D eigenvalue weighted by Crippen LogP contribution is 2.27. The van der Waals surface area contributed by atoms with E-state index >= 15 is 0 Å². The number of para-hydroxylation sites is 1. The molecule has 0 bridgehead atoms. The molecule has 3 rings (SSSR count). The van der Waals surface area contributed by atoms with Gasteiger partial charge in [0.2, 0.25) is 0 Å². The fourth-order valence-corrected chi connectivity index (χ4v) is 2.64. The maximum Gasteiger partial charge on any atom is 0.187 e. The molecular formula is C17H16N2S. The topological polar surface area (TPSA) is 24.9 Å². The molecule has 0 unspecified atom stereocenters. The summed E-state index contributed by atoms with van der Waals surface area (Å²) in [6, 6.07) is 18.3. The number of benzene rings is 2. The first-order chi connectivity index (χ1) is 9.85. The van der Waals surface area contributed by atoms with E-state index in [1.165, 1.54) is 0 Å². The van der Waals surface area contributed by atoms with Gasteiger partial charge in [-0.05, 0) is 17.7 Å². The number of thiazole rings is 1. The van der Waals surface area contributed by atoms with Gasteiger partial charge < -0.3 is 5.32 Å². The standard InChI is InChI=1S/C17H14N2S.H2/c1-2-13-8-10-14(11-9-13)16-12-20-17(19-16)18-15-6-4-3-5-7-15;/h2-12H,1H2,(H,18,19);1H. The van der Waals surface area contributed by atoms with E-state index < -0.39 is 0 Å². The van der Waals surface area contributed by atoms with Crippen LogP contribution >= 0.6 is 11.3 Å². The minimum absolute atomic E-state index is 0. The molecule has 100 valence electrons. The van der Waals surface area contributed by atoms with Crippen molar-refractivity contribution in [1.82, 2.24) is 4.98 Å². The smallest absolute Gasteiger partial charge is 0.187 e. The van der Waals surface area contributed by atoms with Gasteiger partial charge in [0.25, 0.3) is 0 Å². The van der Waals surface area contributed by atoms with Crippen LogP contribution in [-0.2, 0) is 0 Å². The van der Waals surface area contributed by atoms with Gasteiger partial charge in [-0.25, -0.2) is 4.98 Å². The number of hydrogen-bond acceptors (Lipinski definition) is 3. The molecule has 0 aliphatic rings. The van der Waals surface area contributed by atoms with Crippen molar-refractivity contribution in [3.05, 3.63) is 72.1 Å². The molecule has 0 spiro atoms. The largest absolute Gasteiger partial charge is 0.332 e. The summed E-state index contributed by atoms with van der Waals surface area (Å²) in [4.78, 5) is 4.61. The Hall–Kier alpha value is -2.39. The van der Waals surface area contributed by atoms with Gasteiger partial charge in [-0.2, -0.15) is 0 Å². The highest BCUT2D eigenvalue weighted by Gasteiger charge is 2.04. The first-order valence-corrected chi connectivity index (χ1v) is 7.23. The summed E-state index contributed by atoms with van der Waals surface area (Å²) in [7, 11) is 0. The summed E-state index contributed by atoms with van der Waals surface area (Å²) in [6.45, 7) is 3.76. The lowest BCUT2D eigenvalue weighted by Gasteiger charge is -2.01. The molecule has 0 amide bonds. The second-order valence-electron chi connectivity index (χ2n) is 4.36. The SMILES string of the molecule is C=Cc1ccc(-c2csc(Nc3ccccc3)n2)cc1.[HH]. The van der Waals surface area contributed by atoms with Crippen LogP contribution in [0.25, 0.3) is 17.3 Å². The fraction of sp³-hybridized carbons (Fsp3) is 0. The highest BCUT2D eigenvalue weighted by molar-refractivity contribution is 7.14. The molecule has 3 heteroatoms. The Labute approximate surface area is 123 Å². The summed E-state index contributed by atoms with van der Waals surface area (Å²) < 4.78 is 0. The second-order valence-corrected chi connectivity index (χ2v) is 5.21. The molecule has 0 saturated carbocycles. The summed E-state index contributed by atoms with van der Waals surface area (Å²) in [5.41, 5.74) is 4.28. The molecule has 2 nitrogen and oxygen atoms in total. The van der Waals surface area contributed by atoms with Crippen LogP contribution in [0, 0.1) is 0 Å². The average Bonchev–Trinajstić information content (AvgIpc) is 2.97. The van der Waals surface area contributed by atoms with Crippen LogP contribution in [0.2, 0.25) is 0 Å². The molecule has 0 atom stereocenters. The van der Waals surface area contributed by atoms with Gasteiger partial charge in [-0.15, -0.1) is 11.3 Å². The molecule has 0 saturated heterocycles. The van der Waals surface area contributed by atoms with E-state index in [1.54, 1.807) is 11.3 Å². The Morgan fingerprint density at radius 3 is 2.50 bits per heavy atom. The normalized spacial score (nSPS) is 10.2. The maximum absolute atomic E-state index is 4.61. The summed E-state index contributed by atoms with van der Waals surface area (Å²) in [5, 5.41) is 6.27. The lowest BCUT2D eigenvalue weighted by Crippen LogP contribution is -1.88. The van der Waals surface area contributed by atoms with Crippen molar-refractivity contribution >= 4 is 28.2 Å². The predicted molar refractivity (Wildman–Crippen MR) is 89.5 cm³/mol. The lowest BCUT2D eigenvalue weighted by atomic mass is 10.1. The third-order valence-corrected chi connectivity index (χ3v) is 3.73. The highest BCUT2D eigenvalue weighted by atomic mass is 32.1. The Morgan fingerprint density at radius 1 is 1.05 bits per heavy atom. The van der Waals surface area contributed by atoms with Crippen molar-refractivity contribution in [3.8, 4) is 11.3 Å². The van der Waals surface area contributed by atoms with Crippen LogP contribution in [0.5, 0.6) is 0 Å². The van der Waals surface area contributed by atoms with Crippen molar-refractivity contribution in [2.24, 2.45) is 0 Å². The van der Waals surface area contributed by atoms with E-state index in [9.17, 15) is 0 Å². The van der Waals surface area contributed by atoms with Gasteiger partial charge in [0.05, 0.1) is 5.69 Å². The van der Waals surface area contributed by atoms with Crippen LogP contribution < -0.4 is 5.32 Å². The fourth-order valence-electron chi connectivity index (χ4n) is 1.90. The number of rotatable bonds is 4. The number of hydrogen-bond donors (Lipinski definition) is 1. The first-order valence-electron chi connectivity index (χ1n) is 6.35. The van der Waals surface area contributed by atoms with E-state index in [0.29, 0.717) is 0 Å². The van der Waals surface area contributed by atoms with E-state index in [0.717, 1.165) is 27.6 Å². The minimum atomic E-state index is 0. The van der Waals surface area contributed by atoms with Crippen molar-refractivity contribution in [2.45, 2.75) is 0 Å². The van der Waals surface area contributed by atoms with Crippen molar-refractivity contribution in [2.75, 3.05) is 5.32 Å². The zero-order valence-corrected chi connectivity index (χ0v) is 11.7. The summed E-state index contributed by atoms with van der Waals surface area (Å²) >= 11 is 1.61. The van der Waals surface area contributed by atoms with E-state index in [4.69, 9.17) is 0 Å². The molecule has 0 aliphatic carbocycles. The zero-order valence-electron chi connectivity index (χ0n) is 10.9. The van der Waals surface area contributed by atoms with Crippen LogP contribution in [0.15, 0.2) is 66.6 Å². The molecule has 1 aromatic heterocycles. The Morgan fingerprint density at radius 2 is 1.80 bits per heavy atom. The molecule has 1 heterocycles. The van der Waals surface area contributed by atoms with Crippen LogP contribution in [-0.4, -0.2) is 4.98 Å². The van der Waals surface area contributed by atoms with Gasteiger partial charge in [0, 0.05) is 18.1 Å². The van der Waals surface area contributed by atoms with Gasteiger partial charge in [-0.3, -0.25) is 0 Å². The van der Waals surface area contributed by atoms with E-state index in [1.807, 2.05) is 48.5 Å². The van der Waals surface area contributed by atoms with Crippen molar-refractivity contribution in [1.29, 1.82) is 0 Å². The van der Waals surface area contributed by atoms with Gasteiger partial charge in [0.1, 0.15) is 0 Å². The van der Waals surface area contributed by atoms with E-state index in [-0.39, 0.29) is 1.43 Å². The predicted octanol–water partition coefficient (Wildman–Crippen LogP) is 5.44. The Kier molecular flexibility index (Phi) is 3.61. The van der Waals surface area contributed by atoms with Crippen LogP contribution in [0.4, 0.5) is 10.8 Å². The van der Waals surface area contributed by atoms with Crippen molar-refractivity contribution < 1.29 is 1.43 Å². The average molecular weight is 280 g/mol. The van der Waals surface area contributed by atoms with Crippen molar-refractivity contribution in [3.63, 3.8) is 0 Å². The number of anilines is 2. The number of nitrogens with one attached hydrogen (secondary N) is 1. The summed E-state index contributed by atoms with van der Waals surface area (Å²) in [5.74, 6) is 0. The maximum atomic E-state index is 4.61.